The zero-order valence-electron chi connectivity index (χ0n) is 12.9. The number of fused-ring (bicyclic) bond motifs is 1. The second-order valence-electron chi connectivity index (χ2n) is 6.26. The Morgan fingerprint density at radius 2 is 2.00 bits per heavy atom. The molecule has 1 saturated carbocycles. The highest BCUT2D eigenvalue weighted by Crippen LogP contribution is 2.34. The highest BCUT2D eigenvalue weighted by Gasteiger charge is 2.27. The van der Waals surface area contributed by atoms with Crippen molar-refractivity contribution in [3.63, 3.8) is 0 Å². The third-order valence-electron chi connectivity index (χ3n) is 4.49. The Labute approximate surface area is 135 Å². The van der Waals surface area contributed by atoms with Crippen molar-refractivity contribution in [2.45, 2.75) is 43.5 Å². The summed E-state index contributed by atoms with van der Waals surface area (Å²) in [7, 11) is 0. The molecule has 1 fully saturated rings. The molecule has 3 rings (SSSR count). The van der Waals surface area contributed by atoms with Crippen LogP contribution in [0, 0.1) is 5.92 Å². The van der Waals surface area contributed by atoms with Gasteiger partial charge in [0, 0.05) is 10.9 Å². The van der Waals surface area contributed by atoms with Crippen LogP contribution >= 0.6 is 11.8 Å². The molecule has 2 amide bonds. The molecule has 0 spiro atoms. The van der Waals surface area contributed by atoms with Crippen LogP contribution in [-0.4, -0.2) is 30.2 Å². The molecule has 0 unspecified atom stereocenters. The molecule has 1 aromatic rings. The van der Waals surface area contributed by atoms with Crippen molar-refractivity contribution in [3.8, 4) is 0 Å². The van der Waals surface area contributed by atoms with Gasteiger partial charge in [-0.05, 0) is 43.7 Å². The minimum absolute atomic E-state index is 0.0103. The van der Waals surface area contributed by atoms with Crippen LogP contribution in [-0.2, 0) is 9.59 Å². The molecule has 0 saturated heterocycles. The van der Waals surface area contributed by atoms with E-state index in [0.29, 0.717) is 5.75 Å². The fourth-order valence-corrected chi connectivity index (χ4v) is 4.08. The molecule has 1 N–H and O–H groups in total. The van der Waals surface area contributed by atoms with Crippen LogP contribution in [0.1, 0.15) is 32.6 Å². The van der Waals surface area contributed by atoms with Gasteiger partial charge in [-0.15, -0.1) is 11.8 Å². The van der Waals surface area contributed by atoms with Gasteiger partial charge >= 0.3 is 0 Å². The first-order chi connectivity index (χ1) is 10.6. The first kappa shape index (κ1) is 15.4. The summed E-state index contributed by atoms with van der Waals surface area (Å²) in [6.07, 6.45) is 4.45. The number of para-hydroxylation sites is 1. The van der Waals surface area contributed by atoms with Crippen molar-refractivity contribution in [1.29, 1.82) is 0 Å². The highest BCUT2D eigenvalue weighted by atomic mass is 32.2. The van der Waals surface area contributed by atoms with Crippen LogP contribution in [0.2, 0.25) is 0 Å². The number of carbonyl (C=O) groups excluding carboxylic acids is 2. The van der Waals surface area contributed by atoms with Crippen LogP contribution < -0.4 is 10.2 Å². The number of hydrogen-bond donors (Lipinski definition) is 1. The number of thioether (sulfide) groups is 1. The van der Waals surface area contributed by atoms with Crippen LogP contribution in [0.25, 0.3) is 0 Å². The molecule has 2 aliphatic rings. The quantitative estimate of drug-likeness (QED) is 0.932. The van der Waals surface area contributed by atoms with E-state index in [0.717, 1.165) is 29.3 Å². The third-order valence-corrected chi connectivity index (χ3v) is 5.54. The van der Waals surface area contributed by atoms with E-state index >= 15 is 0 Å². The summed E-state index contributed by atoms with van der Waals surface area (Å²) in [6, 6.07) is 8.05. The van der Waals surface area contributed by atoms with Crippen molar-refractivity contribution < 1.29 is 9.59 Å². The monoisotopic (exact) mass is 318 g/mol. The summed E-state index contributed by atoms with van der Waals surface area (Å²) in [5.41, 5.74) is 0.858. The largest absolute Gasteiger partial charge is 0.352 e. The van der Waals surface area contributed by atoms with Gasteiger partial charge in [-0.2, -0.15) is 0 Å². The first-order valence-electron chi connectivity index (χ1n) is 7.95. The van der Waals surface area contributed by atoms with Gasteiger partial charge in [-0.3, -0.25) is 9.59 Å². The van der Waals surface area contributed by atoms with Crippen molar-refractivity contribution in [2.24, 2.45) is 5.92 Å². The van der Waals surface area contributed by atoms with Gasteiger partial charge in [0.15, 0.2) is 0 Å². The van der Waals surface area contributed by atoms with Crippen LogP contribution in [0.3, 0.4) is 0 Å². The lowest BCUT2D eigenvalue weighted by Crippen LogP contribution is -2.46. The molecule has 4 nitrogen and oxygen atoms in total. The molecule has 1 aromatic carbocycles. The Kier molecular flexibility index (Phi) is 4.71. The predicted molar refractivity (Wildman–Crippen MR) is 89.1 cm³/mol. The second-order valence-corrected chi connectivity index (χ2v) is 7.28. The zero-order chi connectivity index (χ0) is 15.5. The smallest absolute Gasteiger partial charge is 0.240 e. The fraction of sp³-hybridized carbons (Fsp3) is 0.529. The van der Waals surface area contributed by atoms with E-state index in [1.165, 1.54) is 12.8 Å². The van der Waals surface area contributed by atoms with Gasteiger partial charge in [-0.1, -0.05) is 19.1 Å². The van der Waals surface area contributed by atoms with E-state index in [4.69, 9.17) is 0 Å². The molecule has 22 heavy (non-hydrogen) atoms. The number of hydrogen-bond acceptors (Lipinski definition) is 3. The Hall–Kier alpha value is -1.49. The molecule has 118 valence electrons. The molecule has 0 aromatic heterocycles. The normalized spacial score (nSPS) is 24.8. The zero-order valence-corrected chi connectivity index (χ0v) is 13.7. The number of benzene rings is 1. The Balaban J connectivity index is 1.62. The van der Waals surface area contributed by atoms with Gasteiger partial charge in [0.05, 0.1) is 11.4 Å². The average molecular weight is 318 g/mol. The van der Waals surface area contributed by atoms with Crippen LogP contribution in [0.4, 0.5) is 5.69 Å². The SMILES string of the molecule is CC1CCC(NC(=O)CN2C(=O)CSc3ccccc32)CC1. The molecule has 5 heteroatoms. The van der Waals surface area contributed by atoms with E-state index in [1.807, 2.05) is 24.3 Å². The van der Waals surface area contributed by atoms with Crippen LogP contribution in [0.15, 0.2) is 29.2 Å². The lowest BCUT2D eigenvalue weighted by Gasteiger charge is -2.30. The number of rotatable bonds is 3. The molecular weight excluding hydrogens is 296 g/mol. The Morgan fingerprint density at radius 1 is 1.27 bits per heavy atom. The number of nitrogens with one attached hydrogen (secondary N) is 1. The van der Waals surface area contributed by atoms with Crippen molar-refractivity contribution in [3.05, 3.63) is 24.3 Å². The van der Waals surface area contributed by atoms with E-state index in [1.54, 1.807) is 16.7 Å². The topological polar surface area (TPSA) is 49.4 Å². The maximum atomic E-state index is 12.3. The standard InChI is InChI=1S/C17H22N2O2S/c1-12-6-8-13(9-7-12)18-16(20)10-19-14-4-2-3-5-15(14)22-11-17(19)21/h2-5,12-13H,6-11H2,1H3,(H,18,20). The lowest BCUT2D eigenvalue weighted by molar-refractivity contribution is -0.123. The first-order valence-corrected chi connectivity index (χ1v) is 8.93. The number of amides is 2. The van der Waals surface area contributed by atoms with E-state index < -0.39 is 0 Å². The summed E-state index contributed by atoms with van der Waals surface area (Å²) in [4.78, 5) is 27.1. The van der Waals surface area contributed by atoms with Crippen molar-refractivity contribution >= 4 is 29.3 Å². The molecule has 0 bridgehead atoms. The minimum atomic E-state index is -0.0467. The van der Waals surface area contributed by atoms with Gasteiger partial charge in [-0.25, -0.2) is 0 Å². The molecule has 1 aliphatic heterocycles. The molecule has 1 aliphatic carbocycles. The molecule has 1 heterocycles. The maximum Gasteiger partial charge on any atom is 0.240 e. The molecular formula is C17H22N2O2S. The van der Waals surface area contributed by atoms with Gasteiger partial charge in [0.25, 0.3) is 0 Å². The lowest BCUT2D eigenvalue weighted by atomic mass is 9.87. The van der Waals surface area contributed by atoms with Crippen molar-refractivity contribution in [2.75, 3.05) is 17.2 Å². The average Bonchev–Trinajstić information content (AvgIpc) is 2.52. The summed E-state index contributed by atoms with van der Waals surface area (Å²) in [5.74, 6) is 1.14. The number of carbonyl (C=O) groups is 2. The van der Waals surface area contributed by atoms with Gasteiger partial charge in [0.2, 0.25) is 11.8 Å². The van der Waals surface area contributed by atoms with Crippen LogP contribution in [0.5, 0.6) is 0 Å². The van der Waals surface area contributed by atoms with E-state index in [-0.39, 0.29) is 24.4 Å². The Bertz CT molecular complexity index is 568. The fourth-order valence-electron chi connectivity index (χ4n) is 3.15. The summed E-state index contributed by atoms with van der Waals surface area (Å²) in [5, 5.41) is 3.10. The highest BCUT2D eigenvalue weighted by molar-refractivity contribution is 8.00. The summed E-state index contributed by atoms with van der Waals surface area (Å²) >= 11 is 1.54. The molecule has 0 radical (unpaired) electrons. The van der Waals surface area contributed by atoms with Gasteiger partial charge in [0.1, 0.15) is 6.54 Å². The minimum Gasteiger partial charge on any atom is -0.352 e. The second kappa shape index (κ2) is 6.73. The number of anilines is 1. The van der Waals surface area contributed by atoms with Gasteiger partial charge < -0.3 is 10.2 Å². The van der Waals surface area contributed by atoms with E-state index in [9.17, 15) is 9.59 Å². The maximum absolute atomic E-state index is 12.3. The summed E-state index contributed by atoms with van der Waals surface area (Å²) in [6.45, 7) is 2.39. The Morgan fingerprint density at radius 3 is 2.77 bits per heavy atom. The summed E-state index contributed by atoms with van der Waals surface area (Å²) < 4.78 is 0. The number of nitrogens with zero attached hydrogens (tertiary/aromatic N) is 1. The van der Waals surface area contributed by atoms with E-state index in [2.05, 4.69) is 12.2 Å². The third kappa shape index (κ3) is 3.46. The molecule has 0 atom stereocenters. The van der Waals surface area contributed by atoms with Crippen molar-refractivity contribution in [1.82, 2.24) is 5.32 Å². The predicted octanol–water partition coefficient (Wildman–Crippen LogP) is 2.82.